The molecule has 0 unspecified atom stereocenters. The maximum Gasteiger partial charge on any atom is 0.257 e. The van der Waals surface area contributed by atoms with E-state index in [9.17, 15) is 4.79 Å². The summed E-state index contributed by atoms with van der Waals surface area (Å²) in [6.45, 7) is 5.85. The van der Waals surface area contributed by atoms with Gasteiger partial charge in [0.25, 0.3) is 5.91 Å². The van der Waals surface area contributed by atoms with E-state index in [-0.39, 0.29) is 12.0 Å². The molecule has 0 atom stereocenters. The molecule has 1 amide bonds. The van der Waals surface area contributed by atoms with Crippen molar-refractivity contribution in [1.82, 2.24) is 4.98 Å². The van der Waals surface area contributed by atoms with Gasteiger partial charge in [-0.25, -0.2) is 4.98 Å². The van der Waals surface area contributed by atoms with E-state index >= 15 is 0 Å². The van der Waals surface area contributed by atoms with E-state index in [0.717, 1.165) is 21.9 Å². The Kier molecular flexibility index (Phi) is 6.39. The topological polar surface area (TPSA) is 69.7 Å². The first-order valence-corrected chi connectivity index (χ1v) is 10.0. The molecule has 2 aromatic carbocycles. The van der Waals surface area contributed by atoms with Gasteiger partial charge in [0.15, 0.2) is 16.6 Å². The molecular formula is C22H24N2O4S. The lowest BCUT2D eigenvalue weighted by Gasteiger charge is -2.14. The standard InChI is InChI=1S/C22H24N2O4S/c1-13(2)28-18-11-8-16(12-19(18)27-5)21(25)24-22-23-20(14(3)29-22)15-6-9-17(26-4)10-7-15/h6-13H,1-5H3,(H,23,24,25). The monoisotopic (exact) mass is 412 g/mol. The molecule has 29 heavy (non-hydrogen) atoms. The number of hydrogen-bond acceptors (Lipinski definition) is 6. The number of aromatic nitrogens is 1. The first-order valence-electron chi connectivity index (χ1n) is 9.19. The van der Waals surface area contributed by atoms with Gasteiger partial charge in [0.05, 0.1) is 26.0 Å². The Hall–Kier alpha value is -3.06. The Labute approximate surface area is 174 Å². The maximum absolute atomic E-state index is 12.7. The highest BCUT2D eigenvalue weighted by molar-refractivity contribution is 7.16. The SMILES string of the molecule is COc1ccc(-c2nc(NC(=O)c3ccc(OC(C)C)c(OC)c3)sc2C)cc1. The molecule has 1 N–H and O–H groups in total. The minimum Gasteiger partial charge on any atom is -0.497 e. The fraction of sp³-hybridized carbons (Fsp3) is 0.273. The molecule has 0 aliphatic rings. The summed E-state index contributed by atoms with van der Waals surface area (Å²) in [5, 5.41) is 3.41. The summed E-state index contributed by atoms with van der Waals surface area (Å²) < 4.78 is 16.3. The van der Waals surface area contributed by atoms with Crippen LogP contribution in [-0.4, -0.2) is 31.2 Å². The second-order valence-electron chi connectivity index (χ2n) is 6.64. The van der Waals surface area contributed by atoms with Crippen molar-refractivity contribution in [3.63, 3.8) is 0 Å². The van der Waals surface area contributed by atoms with Crippen LogP contribution in [0.15, 0.2) is 42.5 Å². The molecule has 0 aliphatic heterocycles. The molecule has 1 aromatic heterocycles. The smallest absolute Gasteiger partial charge is 0.257 e. The van der Waals surface area contributed by atoms with Crippen molar-refractivity contribution < 1.29 is 19.0 Å². The van der Waals surface area contributed by atoms with Crippen LogP contribution in [0.2, 0.25) is 0 Å². The third kappa shape index (κ3) is 4.86. The molecule has 0 radical (unpaired) electrons. The van der Waals surface area contributed by atoms with Crippen LogP contribution in [0, 0.1) is 6.92 Å². The van der Waals surface area contributed by atoms with E-state index in [0.29, 0.717) is 22.2 Å². The molecule has 3 aromatic rings. The lowest BCUT2D eigenvalue weighted by atomic mass is 10.1. The summed E-state index contributed by atoms with van der Waals surface area (Å²) in [7, 11) is 3.18. The fourth-order valence-corrected chi connectivity index (χ4v) is 3.63. The first-order chi connectivity index (χ1) is 13.9. The Bertz CT molecular complexity index is 997. The summed E-state index contributed by atoms with van der Waals surface area (Å²) in [6.07, 6.45) is 0.0123. The highest BCUT2D eigenvalue weighted by atomic mass is 32.1. The van der Waals surface area contributed by atoms with Crippen molar-refractivity contribution in [2.45, 2.75) is 26.9 Å². The average Bonchev–Trinajstić information content (AvgIpc) is 3.07. The van der Waals surface area contributed by atoms with E-state index in [1.54, 1.807) is 32.4 Å². The maximum atomic E-state index is 12.7. The highest BCUT2D eigenvalue weighted by Gasteiger charge is 2.16. The number of benzene rings is 2. The number of rotatable bonds is 7. The second-order valence-corrected chi connectivity index (χ2v) is 7.84. The summed E-state index contributed by atoms with van der Waals surface area (Å²) in [5.74, 6) is 1.65. The summed E-state index contributed by atoms with van der Waals surface area (Å²) >= 11 is 1.43. The minimum atomic E-state index is -0.255. The van der Waals surface area contributed by atoms with E-state index in [2.05, 4.69) is 10.3 Å². The number of thiazole rings is 1. The number of anilines is 1. The zero-order valence-electron chi connectivity index (χ0n) is 17.1. The van der Waals surface area contributed by atoms with Crippen molar-refractivity contribution >= 4 is 22.4 Å². The molecule has 6 nitrogen and oxygen atoms in total. The Morgan fingerprint density at radius 3 is 2.38 bits per heavy atom. The van der Waals surface area contributed by atoms with Gasteiger partial charge in [0, 0.05) is 16.0 Å². The number of amides is 1. The van der Waals surface area contributed by atoms with Gasteiger partial charge in [-0.15, -0.1) is 11.3 Å². The third-order valence-electron chi connectivity index (χ3n) is 4.17. The van der Waals surface area contributed by atoms with Crippen molar-refractivity contribution in [3.8, 4) is 28.5 Å². The number of ether oxygens (including phenoxy) is 3. The highest BCUT2D eigenvalue weighted by Crippen LogP contribution is 2.32. The van der Waals surface area contributed by atoms with Gasteiger partial charge >= 0.3 is 0 Å². The molecule has 1 heterocycles. The number of nitrogens with one attached hydrogen (secondary N) is 1. The van der Waals surface area contributed by atoms with Crippen LogP contribution >= 0.6 is 11.3 Å². The molecule has 0 saturated heterocycles. The van der Waals surface area contributed by atoms with Crippen LogP contribution in [0.25, 0.3) is 11.3 Å². The van der Waals surface area contributed by atoms with Gasteiger partial charge < -0.3 is 14.2 Å². The minimum absolute atomic E-state index is 0.0123. The van der Waals surface area contributed by atoms with Gasteiger partial charge in [0.2, 0.25) is 0 Å². The van der Waals surface area contributed by atoms with Crippen molar-refractivity contribution in [2.24, 2.45) is 0 Å². The Morgan fingerprint density at radius 1 is 1.03 bits per heavy atom. The van der Waals surface area contributed by atoms with E-state index in [4.69, 9.17) is 14.2 Å². The average molecular weight is 413 g/mol. The molecular weight excluding hydrogens is 388 g/mol. The van der Waals surface area contributed by atoms with Crippen LogP contribution in [0.5, 0.6) is 17.2 Å². The Morgan fingerprint density at radius 2 is 1.76 bits per heavy atom. The number of carbonyl (C=O) groups is 1. The second kappa shape index (κ2) is 8.96. The summed E-state index contributed by atoms with van der Waals surface area (Å²) in [4.78, 5) is 18.3. The number of aryl methyl sites for hydroxylation is 1. The third-order valence-corrected chi connectivity index (χ3v) is 5.06. The zero-order valence-corrected chi connectivity index (χ0v) is 17.9. The van der Waals surface area contributed by atoms with Gasteiger partial charge in [-0.1, -0.05) is 0 Å². The van der Waals surface area contributed by atoms with Crippen molar-refractivity contribution in [2.75, 3.05) is 19.5 Å². The summed E-state index contributed by atoms with van der Waals surface area (Å²) in [6, 6.07) is 12.8. The van der Waals surface area contributed by atoms with Gasteiger partial charge in [-0.3, -0.25) is 10.1 Å². The van der Waals surface area contributed by atoms with E-state index in [1.165, 1.54) is 11.3 Å². The van der Waals surface area contributed by atoms with Crippen LogP contribution in [0.4, 0.5) is 5.13 Å². The van der Waals surface area contributed by atoms with Gasteiger partial charge in [0.1, 0.15) is 5.75 Å². The number of carbonyl (C=O) groups excluding carboxylic acids is 1. The Balaban J connectivity index is 1.78. The predicted molar refractivity (Wildman–Crippen MR) is 116 cm³/mol. The van der Waals surface area contributed by atoms with Crippen molar-refractivity contribution in [1.29, 1.82) is 0 Å². The van der Waals surface area contributed by atoms with E-state index in [1.807, 2.05) is 45.0 Å². The molecule has 0 saturated carbocycles. The normalized spacial score (nSPS) is 10.7. The number of methoxy groups -OCH3 is 2. The predicted octanol–water partition coefficient (Wildman–Crippen LogP) is 5.18. The molecule has 3 rings (SSSR count). The fourth-order valence-electron chi connectivity index (χ4n) is 2.80. The lowest BCUT2D eigenvalue weighted by molar-refractivity contribution is 0.102. The van der Waals surface area contributed by atoms with Gasteiger partial charge in [-0.2, -0.15) is 0 Å². The summed E-state index contributed by atoms with van der Waals surface area (Å²) in [5.41, 5.74) is 2.28. The van der Waals surface area contributed by atoms with Crippen LogP contribution in [-0.2, 0) is 0 Å². The van der Waals surface area contributed by atoms with Crippen molar-refractivity contribution in [3.05, 3.63) is 52.9 Å². The quantitative estimate of drug-likeness (QED) is 0.579. The van der Waals surface area contributed by atoms with Crippen LogP contribution in [0.3, 0.4) is 0 Å². The van der Waals surface area contributed by atoms with Crippen LogP contribution < -0.4 is 19.5 Å². The van der Waals surface area contributed by atoms with E-state index < -0.39 is 0 Å². The molecule has 0 fully saturated rings. The molecule has 7 heteroatoms. The number of nitrogens with zero attached hydrogens (tertiary/aromatic N) is 1. The molecule has 0 aliphatic carbocycles. The van der Waals surface area contributed by atoms with Gasteiger partial charge in [-0.05, 0) is 63.2 Å². The van der Waals surface area contributed by atoms with Crippen LogP contribution in [0.1, 0.15) is 29.1 Å². The molecule has 0 spiro atoms. The number of hydrogen-bond donors (Lipinski definition) is 1. The largest absolute Gasteiger partial charge is 0.497 e. The zero-order chi connectivity index (χ0) is 21.0. The molecule has 0 bridgehead atoms. The first kappa shape index (κ1) is 20.7. The lowest BCUT2D eigenvalue weighted by Crippen LogP contribution is -2.12. The molecule has 152 valence electrons.